The number of pyridine rings is 2. The molecule has 0 fully saturated rings. The number of nitrogens with one attached hydrogen (secondary N) is 2. The highest BCUT2D eigenvalue weighted by Gasteiger charge is 2.12. The van der Waals surface area contributed by atoms with Crippen molar-refractivity contribution in [2.45, 2.75) is 26.3 Å². The molecule has 1 unspecified atom stereocenters. The van der Waals surface area contributed by atoms with Crippen molar-refractivity contribution in [3.8, 4) is 11.6 Å². The average Bonchev–Trinajstić information content (AvgIpc) is 2.66. The standard InChI is InChI=1S/C20H20IN3O4/c1-3-6-28-18-10-23-16(8-17(18)25)11(2)22-9-15-14-7-12(21)4-5-13(14)19(26)24-20(15)27/h4-5,7-11H,3,6H2,1-2H3,(H,23,25)(H2,24,26,27). The number of benzene rings is 1. The van der Waals surface area contributed by atoms with Crippen LogP contribution in [0.2, 0.25) is 0 Å². The quantitative estimate of drug-likeness (QED) is 0.361. The monoisotopic (exact) mass is 493 g/mol. The number of hydrogen-bond donors (Lipinski definition) is 3. The third kappa shape index (κ3) is 4.27. The number of H-pyrrole nitrogens is 2. The van der Waals surface area contributed by atoms with Gasteiger partial charge < -0.3 is 14.8 Å². The van der Waals surface area contributed by atoms with Crippen LogP contribution < -0.4 is 15.7 Å². The number of aromatic amines is 2. The van der Waals surface area contributed by atoms with E-state index in [1.54, 1.807) is 6.07 Å². The summed E-state index contributed by atoms with van der Waals surface area (Å²) in [5.41, 5.74) is 0.468. The molecule has 3 rings (SSSR count). The van der Waals surface area contributed by atoms with Gasteiger partial charge in [0.1, 0.15) is 0 Å². The van der Waals surface area contributed by atoms with Gasteiger partial charge in [-0.05, 0) is 54.1 Å². The second kappa shape index (κ2) is 8.59. The van der Waals surface area contributed by atoms with Crippen molar-refractivity contribution in [2.75, 3.05) is 6.61 Å². The lowest BCUT2D eigenvalue weighted by Gasteiger charge is -2.10. The van der Waals surface area contributed by atoms with E-state index in [0.717, 1.165) is 9.99 Å². The Hall–Kier alpha value is -2.62. The van der Waals surface area contributed by atoms with Gasteiger partial charge in [0.2, 0.25) is 11.3 Å². The molecule has 0 aliphatic carbocycles. The van der Waals surface area contributed by atoms with E-state index in [1.807, 2.05) is 26.0 Å². The van der Waals surface area contributed by atoms with Crippen molar-refractivity contribution in [3.05, 3.63) is 65.9 Å². The Bertz CT molecular complexity index is 1150. The number of aromatic hydroxyl groups is 1. The molecule has 3 aromatic rings. The zero-order valence-electron chi connectivity index (χ0n) is 15.5. The van der Waals surface area contributed by atoms with Crippen molar-refractivity contribution >= 4 is 39.6 Å². The SMILES string of the molecule is CCCOc1c[nH]c(C(C)N=Cc2c(O)[nH]c(=O)c3ccc(I)cc23)cc1=O. The summed E-state index contributed by atoms with van der Waals surface area (Å²) in [6, 6.07) is 6.45. The van der Waals surface area contributed by atoms with Gasteiger partial charge in [-0.3, -0.25) is 19.6 Å². The van der Waals surface area contributed by atoms with Gasteiger partial charge in [0.15, 0.2) is 5.75 Å². The first-order valence-corrected chi connectivity index (χ1v) is 9.91. The molecule has 3 N–H and O–H groups in total. The topological polar surface area (TPSA) is 108 Å². The van der Waals surface area contributed by atoms with Crippen LogP contribution in [0.1, 0.15) is 37.6 Å². The van der Waals surface area contributed by atoms with Gasteiger partial charge in [-0.25, -0.2) is 0 Å². The summed E-state index contributed by atoms with van der Waals surface area (Å²) in [4.78, 5) is 34.1. The van der Waals surface area contributed by atoms with Crippen molar-refractivity contribution in [1.29, 1.82) is 0 Å². The molecule has 0 amide bonds. The smallest absolute Gasteiger partial charge is 0.258 e. The van der Waals surface area contributed by atoms with E-state index in [4.69, 9.17) is 4.74 Å². The fraction of sp³-hybridized carbons (Fsp3) is 0.250. The summed E-state index contributed by atoms with van der Waals surface area (Å²) < 4.78 is 6.32. The second-order valence-electron chi connectivity index (χ2n) is 6.33. The summed E-state index contributed by atoms with van der Waals surface area (Å²) >= 11 is 2.15. The molecule has 1 aromatic carbocycles. The lowest BCUT2D eigenvalue weighted by atomic mass is 10.1. The molecular weight excluding hydrogens is 473 g/mol. The molecule has 2 heterocycles. The summed E-state index contributed by atoms with van der Waals surface area (Å²) in [7, 11) is 0. The first-order valence-electron chi connectivity index (χ1n) is 8.83. The molecule has 28 heavy (non-hydrogen) atoms. The molecule has 1 atom stereocenters. The second-order valence-corrected chi connectivity index (χ2v) is 7.57. The Kier molecular flexibility index (Phi) is 6.18. The highest BCUT2D eigenvalue weighted by Crippen LogP contribution is 2.24. The van der Waals surface area contributed by atoms with E-state index in [2.05, 4.69) is 37.6 Å². The van der Waals surface area contributed by atoms with Crippen LogP contribution in [0, 0.1) is 3.57 Å². The molecular formula is C20H20IN3O4. The van der Waals surface area contributed by atoms with Gasteiger partial charge in [-0.1, -0.05) is 6.92 Å². The predicted molar refractivity (Wildman–Crippen MR) is 118 cm³/mol. The summed E-state index contributed by atoms with van der Waals surface area (Å²) in [6.07, 6.45) is 3.86. The third-order valence-electron chi connectivity index (χ3n) is 4.24. The zero-order valence-corrected chi connectivity index (χ0v) is 17.6. The highest BCUT2D eigenvalue weighted by molar-refractivity contribution is 14.1. The van der Waals surface area contributed by atoms with E-state index in [-0.39, 0.29) is 28.7 Å². The van der Waals surface area contributed by atoms with Gasteiger partial charge in [0, 0.05) is 38.5 Å². The number of rotatable bonds is 6. The van der Waals surface area contributed by atoms with E-state index < -0.39 is 0 Å². The lowest BCUT2D eigenvalue weighted by Crippen LogP contribution is -2.11. The minimum Gasteiger partial charge on any atom is -0.494 e. The lowest BCUT2D eigenvalue weighted by molar-refractivity contribution is 0.313. The Labute approximate surface area is 174 Å². The fourth-order valence-electron chi connectivity index (χ4n) is 2.74. The van der Waals surface area contributed by atoms with E-state index in [1.165, 1.54) is 18.5 Å². The maximum absolute atomic E-state index is 12.2. The van der Waals surface area contributed by atoms with Gasteiger partial charge in [0.05, 0.1) is 18.2 Å². The minimum atomic E-state index is -0.364. The van der Waals surface area contributed by atoms with Crippen LogP contribution in [-0.4, -0.2) is 27.9 Å². The molecule has 0 bridgehead atoms. The van der Waals surface area contributed by atoms with Crippen molar-refractivity contribution in [3.63, 3.8) is 0 Å². The average molecular weight is 493 g/mol. The molecule has 0 radical (unpaired) electrons. The van der Waals surface area contributed by atoms with Crippen LogP contribution in [-0.2, 0) is 0 Å². The predicted octanol–water partition coefficient (Wildman–Crippen LogP) is 3.50. The first kappa shape index (κ1) is 20.1. The van der Waals surface area contributed by atoms with E-state index in [9.17, 15) is 14.7 Å². The molecule has 0 aliphatic heterocycles. The van der Waals surface area contributed by atoms with Crippen LogP contribution in [0.3, 0.4) is 0 Å². The maximum atomic E-state index is 12.2. The summed E-state index contributed by atoms with van der Waals surface area (Å²) in [5, 5.41) is 11.3. The van der Waals surface area contributed by atoms with E-state index >= 15 is 0 Å². The molecule has 0 saturated heterocycles. The minimum absolute atomic E-state index is 0.212. The Morgan fingerprint density at radius 1 is 1.29 bits per heavy atom. The maximum Gasteiger partial charge on any atom is 0.258 e. The number of aliphatic imine (C=N–C) groups is 1. The number of halogens is 1. The van der Waals surface area contributed by atoms with Crippen LogP contribution >= 0.6 is 22.6 Å². The molecule has 0 saturated carbocycles. The Morgan fingerprint density at radius 2 is 2.07 bits per heavy atom. The number of fused-ring (bicyclic) bond motifs is 1. The summed E-state index contributed by atoms with van der Waals surface area (Å²) in [6.45, 7) is 4.27. The van der Waals surface area contributed by atoms with Crippen LogP contribution in [0.15, 0.2) is 45.0 Å². The van der Waals surface area contributed by atoms with Gasteiger partial charge in [-0.2, -0.15) is 0 Å². The molecule has 0 spiro atoms. The largest absolute Gasteiger partial charge is 0.494 e. The van der Waals surface area contributed by atoms with E-state index in [0.29, 0.717) is 28.6 Å². The zero-order chi connectivity index (χ0) is 20.3. The van der Waals surface area contributed by atoms with Gasteiger partial charge in [0.25, 0.3) is 5.56 Å². The van der Waals surface area contributed by atoms with Crippen molar-refractivity contribution < 1.29 is 9.84 Å². The van der Waals surface area contributed by atoms with Gasteiger partial charge >= 0.3 is 0 Å². The van der Waals surface area contributed by atoms with Crippen LogP contribution in [0.4, 0.5) is 0 Å². The summed E-state index contributed by atoms with van der Waals surface area (Å²) in [5.74, 6) is 0.0351. The molecule has 146 valence electrons. The Morgan fingerprint density at radius 3 is 2.79 bits per heavy atom. The third-order valence-corrected chi connectivity index (χ3v) is 4.91. The highest BCUT2D eigenvalue weighted by atomic mass is 127. The van der Waals surface area contributed by atoms with Crippen molar-refractivity contribution in [2.24, 2.45) is 4.99 Å². The molecule has 2 aromatic heterocycles. The number of ether oxygens (including phenoxy) is 1. The van der Waals surface area contributed by atoms with Crippen LogP contribution in [0.25, 0.3) is 10.8 Å². The Balaban J connectivity index is 1.94. The first-order chi connectivity index (χ1) is 13.4. The molecule has 8 heteroatoms. The normalized spacial score (nSPS) is 12.5. The molecule has 0 aliphatic rings. The fourth-order valence-corrected chi connectivity index (χ4v) is 3.24. The van der Waals surface area contributed by atoms with Crippen molar-refractivity contribution in [1.82, 2.24) is 9.97 Å². The number of aromatic nitrogens is 2. The number of nitrogens with zero attached hydrogens (tertiary/aromatic N) is 1. The van der Waals surface area contributed by atoms with Crippen LogP contribution in [0.5, 0.6) is 11.6 Å². The van der Waals surface area contributed by atoms with Gasteiger partial charge in [-0.15, -0.1) is 0 Å². The number of hydrogen-bond acceptors (Lipinski definition) is 5. The molecule has 7 nitrogen and oxygen atoms in total.